The van der Waals surface area contributed by atoms with Crippen LogP contribution in [0.15, 0.2) is 28.0 Å². The third-order valence-electron chi connectivity index (χ3n) is 5.82. The lowest BCUT2D eigenvalue weighted by atomic mass is 9.88. The molecule has 8 nitrogen and oxygen atoms in total. The van der Waals surface area contributed by atoms with Gasteiger partial charge in [-0.05, 0) is 43.9 Å². The van der Waals surface area contributed by atoms with E-state index >= 15 is 0 Å². The molecule has 1 aliphatic carbocycles. The molecule has 162 valence electrons. The molecule has 0 aromatic heterocycles. The zero-order chi connectivity index (χ0) is 21.2. The number of nitrogens with two attached hydrogens (primary N) is 1. The molecular weight excluding hydrogens is 414 g/mol. The highest BCUT2D eigenvalue weighted by Crippen LogP contribution is 2.30. The first-order chi connectivity index (χ1) is 13.6. The lowest BCUT2D eigenvalue weighted by Crippen LogP contribution is -2.46. The number of rotatable bonds is 5. The minimum Gasteiger partial charge on any atom is -0.370 e. The molecule has 1 saturated heterocycles. The molecule has 3 rings (SSSR count). The zero-order valence-corrected chi connectivity index (χ0v) is 18.3. The maximum atomic E-state index is 12.5. The van der Waals surface area contributed by atoms with E-state index in [-0.39, 0.29) is 27.7 Å². The lowest BCUT2D eigenvalue weighted by molar-refractivity contribution is -0.126. The second-order valence-electron chi connectivity index (χ2n) is 8.05. The second kappa shape index (κ2) is 8.61. The van der Waals surface area contributed by atoms with Gasteiger partial charge in [-0.15, -0.1) is 0 Å². The number of piperidine rings is 1. The first-order valence-electron chi connectivity index (χ1n) is 9.98. The molecule has 2 fully saturated rings. The van der Waals surface area contributed by atoms with Gasteiger partial charge in [0.2, 0.25) is 15.9 Å². The minimum atomic E-state index is -4.00. The quantitative estimate of drug-likeness (QED) is 0.708. The highest BCUT2D eigenvalue weighted by molar-refractivity contribution is 7.91. The molecule has 0 atom stereocenters. The third-order valence-corrected chi connectivity index (χ3v) is 7.85. The first-order valence-corrected chi connectivity index (χ1v) is 13.4. The van der Waals surface area contributed by atoms with Crippen LogP contribution in [-0.4, -0.2) is 48.1 Å². The Hall–Kier alpha value is -1.65. The number of carbonyl (C=O) groups excluding carboxylic acids is 1. The van der Waals surface area contributed by atoms with Crippen LogP contribution in [0.2, 0.25) is 0 Å². The summed E-state index contributed by atoms with van der Waals surface area (Å²) in [6.07, 6.45) is 7.80. The fourth-order valence-corrected chi connectivity index (χ4v) is 5.71. The smallest absolute Gasteiger partial charge is 0.238 e. The molecule has 1 aromatic rings. The summed E-state index contributed by atoms with van der Waals surface area (Å²) in [5.41, 5.74) is 0.469. The van der Waals surface area contributed by atoms with E-state index in [4.69, 9.17) is 5.14 Å². The van der Waals surface area contributed by atoms with Gasteiger partial charge in [0.15, 0.2) is 9.84 Å². The number of nitrogens with zero attached hydrogens (tertiary/aromatic N) is 1. The van der Waals surface area contributed by atoms with E-state index in [0.29, 0.717) is 31.6 Å². The molecule has 1 saturated carbocycles. The number of benzene rings is 1. The van der Waals surface area contributed by atoms with Gasteiger partial charge in [-0.1, -0.05) is 19.3 Å². The summed E-state index contributed by atoms with van der Waals surface area (Å²) in [6, 6.07) is 4.02. The van der Waals surface area contributed by atoms with Gasteiger partial charge in [0, 0.05) is 31.3 Å². The van der Waals surface area contributed by atoms with Crippen molar-refractivity contribution >= 4 is 31.5 Å². The van der Waals surface area contributed by atoms with E-state index in [1.165, 1.54) is 18.6 Å². The Kier molecular flexibility index (Phi) is 6.54. The van der Waals surface area contributed by atoms with E-state index in [2.05, 4.69) is 5.32 Å². The number of carbonyl (C=O) groups is 1. The van der Waals surface area contributed by atoms with Crippen molar-refractivity contribution in [1.29, 1.82) is 0 Å². The predicted octanol–water partition coefficient (Wildman–Crippen LogP) is 1.40. The van der Waals surface area contributed by atoms with Gasteiger partial charge >= 0.3 is 0 Å². The molecule has 0 spiro atoms. The van der Waals surface area contributed by atoms with Gasteiger partial charge in [-0.25, -0.2) is 22.0 Å². The predicted molar refractivity (Wildman–Crippen MR) is 111 cm³/mol. The number of amides is 1. The first kappa shape index (κ1) is 22.0. The summed E-state index contributed by atoms with van der Waals surface area (Å²) in [6.45, 7) is 1.15. The van der Waals surface area contributed by atoms with Gasteiger partial charge in [-0.2, -0.15) is 0 Å². The van der Waals surface area contributed by atoms with Crippen molar-refractivity contribution in [2.75, 3.05) is 24.2 Å². The van der Waals surface area contributed by atoms with E-state index in [9.17, 15) is 21.6 Å². The summed E-state index contributed by atoms with van der Waals surface area (Å²) >= 11 is 0. The Morgan fingerprint density at radius 2 is 1.66 bits per heavy atom. The number of primary sulfonamides is 1. The average molecular weight is 444 g/mol. The molecule has 1 aromatic carbocycles. The molecule has 1 heterocycles. The second-order valence-corrected chi connectivity index (χ2v) is 11.6. The third kappa shape index (κ3) is 5.49. The molecule has 1 amide bonds. The van der Waals surface area contributed by atoms with E-state index in [0.717, 1.165) is 38.0 Å². The fraction of sp³-hybridized carbons (Fsp3) is 0.632. The van der Waals surface area contributed by atoms with Gasteiger partial charge in [0.25, 0.3) is 0 Å². The van der Waals surface area contributed by atoms with Crippen LogP contribution in [0.1, 0.15) is 44.9 Å². The summed E-state index contributed by atoms with van der Waals surface area (Å²) in [5.74, 6) is 0.252. The average Bonchev–Trinajstić information content (AvgIpc) is 2.67. The number of hydrogen-bond acceptors (Lipinski definition) is 6. The molecule has 1 aliphatic heterocycles. The zero-order valence-electron chi connectivity index (χ0n) is 16.6. The van der Waals surface area contributed by atoms with E-state index in [1.54, 1.807) is 0 Å². The van der Waals surface area contributed by atoms with Crippen LogP contribution in [0.5, 0.6) is 0 Å². The van der Waals surface area contributed by atoms with Crippen molar-refractivity contribution in [3.63, 3.8) is 0 Å². The van der Waals surface area contributed by atoms with Crippen molar-refractivity contribution in [1.82, 2.24) is 5.32 Å². The summed E-state index contributed by atoms with van der Waals surface area (Å²) in [7, 11) is -7.64. The van der Waals surface area contributed by atoms with Crippen molar-refractivity contribution in [3.8, 4) is 0 Å². The SMILES string of the molecule is CS(=O)(=O)c1cc(S(N)(=O)=O)ccc1N1CCC(NC(=O)C2CCCCC2)CC1. The van der Waals surface area contributed by atoms with Crippen LogP contribution in [0.25, 0.3) is 0 Å². The highest BCUT2D eigenvalue weighted by atomic mass is 32.2. The van der Waals surface area contributed by atoms with Gasteiger partial charge in [0.1, 0.15) is 0 Å². The minimum absolute atomic E-state index is 0.0475. The number of nitrogens with one attached hydrogen (secondary N) is 1. The Bertz CT molecular complexity index is 962. The molecular formula is C19H29N3O5S2. The monoisotopic (exact) mass is 443 g/mol. The van der Waals surface area contributed by atoms with Gasteiger partial charge < -0.3 is 10.2 Å². The Morgan fingerprint density at radius 1 is 1.03 bits per heavy atom. The van der Waals surface area contributed by atoms with Crippen molar-refractivity contribution in [3.05, 3.63) is 18.2 Å². The van der Waals surface area contributed by atoms with Crippen molar-refractivity contribution in [2.45, 2.75) is 60.8 Å². The number of hydrogen-bond donors (Lipinski definition) is 2. The molecule has 2 aliphatic rings. The van der Waals surface area contributed by atoms with Crippen molar-refractivity contribution < 1.29 is 21.6 Å². The van der Waals surface area contributed by atoms with E-state index < -0.39 is 19.9 Å². The standard InChI is InChI=1S/C19H29N3O5S2/c1-28(24,25)18-13-16(29(20,26)27)7-8-17(18)22-11-9-15(10-12-22)21-19(23)14-5-3-2-4-6-14/h7-8,13-15H,2-6,9-12H2,1H3,(H,21,23)(H2,20,26,27). The van der Waals surface area contributed by atoms with Crippen LogP contribution in [0.4, 0.5) is 5.69 Å². The number of sulfone groups is 1. The maximum Gasteiger partial charge on any atom is 0.238 e. The van der Waals surface area contributed by atoms with Crippen LogP contribution < -0.4 is 15.4 Å². The van der Waals surface area contributed by atoms with E-state index in [1.807, 2.05) is 4.90 Å². The molecule has 0 unspecified atom stereocenters. The Morgan fingerprint density at radius 3 is 2.21 bits per heavy atom. The van der Waals surface area contributed by atoms with Crippen LogP contribution in [-0.2, 0) is 24.7 Å². The summed E-state index contributed by atoms with van der Waals surface area (Å²) in [5, 5.41) is 8.30. The lowest BCUT2D eigenvalue weighted by Gasteiger charge is -2.35. The molecule has 29 heavy (non-hydrogen) atoms. The Balaban J connectivity index is 1.69. The summed E-state index contributed by atoms with van der Waals surface area (Å²) < 4.78 is 47.7. The Labute approximate surface area is 172 Å². The maximum absolute atomic E-state index is 12.5. The molecule has 0 bridgehead atoms. The molecule has 0 radical (unpaired) electrons. The van der Waals surface area contributed by atoms with Gasteiger partial charge in [-0.3, -0.25) is 4.79 Å². The normalized spacial score (nSPS) is 19.9. The van der Waals surface area contributed by atoms with Crippen molar-refractivity contribution in [2.24, 2.45) is 11.1 Å². The van der Waals surface area contributed by atoms with Gasteiger partial charge in [0.05, 0.1) is 15.5 Å². The van der Waals surface area contributed by atoms with Crippen LogP contribution in [0.3, 0.4) is 0 Å². The highest BCUT2D eigenvalue weighted by Gasteiger charge is 2.28. The number of sulfonamides is 1. The van der Waals surface area contributed by atoms with Crippen LogP contribution >= 0.6 is 0 Å². The topological polar surface area (TPSA) is 127 Å². The largest absolute Gasteiger partial charge is 0.370 e. The number of anilines is 1. The fourth-order valence-electron chi connectivity index (χ4n) is 4.18. The summed E-state index contributed by atoms with van der Waals surface area (Å²) in [4.78, 5) is 14.1. The molecule has 10 heteroatoms. The van der Waals surface area contributed by atoms with Crippen LogP contribution in [0, 0.1) is 5.92 Å². The molecule has 3 N–H and O–H groups in total.